The smallest absolute Gasteiger partial charge is 0.257 e. The maximum absolute atomic E-state index is 6.38. The lowest BCUT2D eigenvalue weighted by molar-refractivity contribution is 0.294. The molecule has 1 heterocycles. The normalized spacial score (nSPS) is 10.6. The van der Waals surface area contributed by atoms with Crippen molar-refractivity contribution in [1.29, 1.82) is 0 Å². The van der Waals surface area contributed by atoms with Crippen LogP contribution in [0, 0.1) is 6.92 Å². The third kappa shape index (κ3) is 4.98. The Morgan fingerprint density at radius 3 is 2.60 bits per heavy atom. The number of aryl methyl sites for hydroxylation is 1. The first-order valence-electron chi connectivity index (χ1n) is 8.63. The lowest BCUT2D eigenvalue weighted by atomic mass is 10.1. The van der Waals surface area contributed by atoms with Crippen molar-refractivity contribution in [1.82, 2.24) is 9.97 Å². The van der Waals surface area contributed by atoms with Crippen LogP contribution in [0.15, 0.2) is 18.2 Å². The molecule has 0 saturated heterocycles. The fraction of sp³-hybridized carbons (Fsp3) is 0.474. The number of nitrogens with one attached hydrogen (secondary N) is 1. The van der Waals surface area contributed by atoms with Gasteiger partial charge in [-0.25, -0.2) is 9.97 Å². The van der Waals surface area contributed by atoms with Gasteiger partial charge in [0.15, 0.2) is 5.82 Å². The zero-order valence-corrected chi connectivity index (χ0v) is 16.1. The molecule has 25 heavy (non-hydrogen) atoms. The number of anilines is 1. The number of hydrogen-bond donors (Lipinski definition) is 1. The van der Waals surface area contributed by atoms with E-state index in [4.69, 9.17) is 21.1 Å². The largest absolute Gasteiger partial charge is 0.497 e. The van der Waals surface area contributed by atoms with Gasteiger partial charge in [0, 0.05) is 12.6 Å². The van der Waals surface area contributed by atoms with E-state index in [2.05, 4.69) is 22.2 Å². The first-order valence-corrected chi connectivity index (χ1v) is 9.01. The van der Waals surface area contributed by atoms with Crippen LogP contribution in [0.1, 0.15) is 38.3 Å². The first-order chi connectivity index (χ1) is 12.1. The molecule has 5 nitrogen and oxygen atoms in total. The van der Waals surface area contributed by atoms with Gasteiger partial charge in [0.25, 0.3) is 5.88 Å². The SMILES string of the molecule is CCCCCCOc1nc(C)c(-c2ccc(OC)cc2Cl)nc1NC. The minimum Gasteiger partial charge on any atom is -0.497 e. The maximum Gasteiger partial charge on any atom is 0.257 e. The van der Waals surface area contributed by atoms with Gasteiger partial charge < -0.3 is 14.8 Å². The lowest BCUT2D eigenvalue weighted by Gasteiger charge is -2.14. The molecule has 136 valence electrons. The molecule has 2 aromatic rings. The summed E-state index contributed by atoms with van der Waals surface area (Å²) >= 11 is 6.38. The first kappa shape index (κ1) is 19.3. The average molecular weight is 364 g/mol. The third-order valence-electron chi connectivity index (χ3n) is 3.94. The van der Waals surface area contributed by atoms with Crippen LogP contribution >= 0.6 is 11.6 Å². The van der Waals surface area contributed by atoms with Gasteiger partial charge in [-0.3, -0.25) is 0 Å². The van der Waals surface area contributed by atoms with Crippen molar-refractivity contribution >= 4 is 17.4 Å². The van der Waals surface area contributed by atoms with E-state index < -0.39 is 0 Å². The van der Waals surface area contributed by atoms with Gasteiger partial charge in [-0.05, 0) is 31.5 Å². The van der Waals surface area contributed by atoms with Gasteiger partial charge in [0.05, 0.1) is 30.1 Å². The third-order valence-corrected chi connectivity index (χ3v) is 4.26. The average Bonchev–Trinajstić information content (AvgIpc) is 2.62. The molecule has 0 fully saturated rings. The topological polar surface area (TPSA) is 56.3 Å². The number of unbranched alkanes of at least 4 members (excludes halogenated alkanes) is 3. The molecule has 0 bridgehead atoms. The van der Waals surface area contributed by atoms with E-state index in [0.717, 1.165) is 29.8 Å². The quantitative estimate of drug-likeness (QED) is 0.627. The Morgan fingerprint density at radius 1 is 1.16 bits per heavy atom. The van der Waals surface area contributed by atoms with Crippen LogP contribution < -0.4 is 14.8 Å². The number of rotatable bonds is 9. The summed E-state index contributed by atoms with van der Waals surface area (Å²) in [5.74, 6) is 1.85. The maximum atomic E-state index is 6.38. The van der Waals surface area contributed by atoms with Gasteiger partial charge in [0.1, 0.15) is 5.75 Å². The summed E-state index contributed by atoms with van der Waals surface area (Å²) in [7, 11) is 3.42. The molecule has 0 atom stereocenters. The lowest BCUT2D eigenvalue weighted by Crippen LogP contribution is -2.07. The Bertz CT molecular complexity index is 707. The highest BCUT2D eigenvalue weighted by Crippen LogP contribution is 2.34. The zero-order chi connectivity index (χ0) is 18.2. The van der Waals surface area contributed by atoms with E-state index in [9.17, 15) is 0 Å². The second-order valence-electron chi connectivity index (χ2n) is 5.82. The van der Waals surface area contributed by atoms with Gasteiger partial charge >= 0.3 is 0 Å². The number of benzene rings is 1. The molecule has 2 rings (SSSR count). The molecule has 1 aromatic carbocycles. The Labute approximate surface area is 154 Å². The molecule has 0 radical (unpaired) electrons. The summed E-state index contributed by atoms with van der Waals surface area (Å²) in [6, 6.07) is 5.53. The van der Waals surface area contributed by atoms with Crippen LogP contribution in [0.2, 0.25) is 5.02 Å². The van der Waals surface area contributed by atoms with Crippen LogP contribution in [0.5, 0.6) is 11.6 Å². The fourth-order valence-electron chi connectivity index (χ4n) is 2.53. The highest BCUT2D eigenvalue weighted by atomic mass is 35.5. The van der Waals surface area contributed by atoms with Crippen molar-refractivity contribution in [3.05, 3.63) is 28.9 Å². The molecule has 0 amide bonds. The summed E-state index contributed by atoms with van der Waals surface area (Å²) < 4.78 is 11.0. The molecule has 0 saturated carbocycles. The number of hydrogen-bond acceptors (Lipinski definition) is 5. The van der Waals surface area contributed by atoms with Gasteiger partial charge in [0.2, 0.25) is 0 Å². The van der Waals surface area contributed by atoms with Crippen LogP contribution in [0.25, 0.3) is 11.3 Å². The van der Waals surface area contributed by atoms with Gasteiger partial charge in [-0.15, -0.1) is 0 Å². The van der Waals surface area contributed by atoms with E-state index in [-0.39, 0.29) is 0 Å². The van der Waals surface area contributed by atoms with Crippen molar-refractivity contribution in [2.45, 2.75) is 39.5 Å². The Balaban J connectivity index is 2.24. The number of nitrogens with zero attached hydrogens (tertiary/aromatic N) is 2. The Kier molecular flexibility index (Phi) is 7.31. The van der Waals surface area contributed by atoms with Gasteiger partial charge in [-0.2, -0.15) is 0 Å². The summed E-state index contributed by atoms with van der Waals surface area (Å²) in [5.41, 5.74) is 2.32. The fourth-order valence-corrected chi connectivity index (χ4v) is 2.79. The van der Waals surface area contributed by atoms with Crippen molar-refractivity contribution in [2.24, 2.45) is 0 Å². The number of ether oxygens (including phenoxy) is 2. The molecule has 1 aromatic heterocycles. The van der Waals surface area contributed by atoms with E-state index in [1.807, 2.05) is 26.1 Å². The Hall–Kier alpha value is -2.01. The van der Waals surface area contributed by atoms with Crippen molar-refractivity contribution in [3.63, 3.8) is 0 Å². The molecule has 0 aliphatic carbocycles. The summed E-state index contributed by atoms with van der Waals surface area (Å²) in [6.07, 6.45) is 4.61. The molecule has 0 unspecified atom stereocenters. The van der Waals surface area contributed by atoms with Crippen LogP contribution in [0.3, 0.4) is 0 Å². The summed E-state index contributed by atoms with van der Waals surface area (Å²) in [5, 5.41) is 3.64. The molecule has 1 N–H and O–H groups in total. The molecular formula is C19H26ClN3O2. The number of aromatic nitrogens is 2. The standard InChI is InChI=1S/C19H26ClN3O2/c1-5-6-7-8-11-25-19-18(21-3)23-17(13(2)22-19)15-10-9-14(24-4)12-16(15)20/h9-10,12H,5-8,11H2,1-4H3,(H,21,23). The summed E-state index contributed by atoms with van der Waals surface area (Å²) in [6.45, 7) is 4.75. The highest BCUT2D eigenvalue weighted by molar-refractivity contribution is 6.33. The van der Waals surface area contributed by atoms with E-state index in [1.54, 1.807) is 13.2 Å². The molecule has 6 heteroatoms. The summed E-state index contributed by atoms with van der Waals surface area (Å²) in [4.78, 5) is 9.25. The number of halogens is 1. The monoisotopic (exact) mass is 363 g/mol. The van der Waals surface area contributed by atoms with Crippen molar-refractivity contribution in [3.8, 4) is 22.9 Å². The molecule has 0 spiro atoms. The van der Waals surface area contributed by atoms with E-state index in [0.29, 0.717) is 29.1 Å². The highest BCUT2D eigenvalue weighted by Gasteiger charge is 2.15. The molecule has 0 aliphatic heterocycles. The number of methoxy groups -OCH3 is 1. The second kappa shape index (κ2) is 9.47. The minimum atomic E-state index is 0.532. The van der Waals surface area contributed by atoms with Crippen LogP contribution in [-0.2, 0) is 0 Å². The van der Waals surface area contributed by atoms with Crippen LogP contribution in [-0.4, -0.2) is 30.7 Å². The van der Waals surface area contributed by atoms with Crippen molar-refractivity contribution < 1.29 is 9.47 Å². The molecule has 0 aliphatic rings. The predicted octanol–water partition coefficient (Wildman–Crippen LogP) is 5.11. The van der Waals surface area contributed by atoms with E-state index in [1.165, 1.54) is 12.8 Å². The zero-order valence-electron chi connectivity index (χ0n) is 15.4. The molecular weight excluding hydrogens is 338 g/mol. The second-order valence-corrected chi connectivity index (χ2v) is 6.22. The predicted molar refractivity (Wildman–Crippen MR) is 103 cm³/mol. The Morgan fingerprint density at radius 2 is 1.96 bits per heavy atom. The minimum absolute atomic E-state index is 0.532. The van der Waals surface area contributed by atoms with Crippen molar-refractivity contribution in [2.75, 3.05) is 26.1 Å². The van der Waals surface area contributed by atoms with Crippen LogP contribution in [0.4, 0.5) is 5.82 Å². The van der Waals surface area contributed by atoms with Gasteiger partial charge in [-0.1, -0.05) is 37.8 Å². The van der Waals surface area contributed by atoms with E-state index >= 15 is 0 Å².